The number of carbonyl (C=O) groups excluding carboxylic acids is 1. The first-order valence-electron chi connectivity index (χ1n) is 8.08. The van der Waals surface area contributed by atoms with E-state index in [4.69, 9.17) is 0 Å². The topological polar surface area (TPSA) is 70.5 Å². The quantitative estimate of drug-likeness (QED) is 0.925. The predicted molar refractivity (Wildman–Crippen MR) is 92.4 cm³/mol. The first-order chi connectivity index (χ1) is 11.5. The number of hydrogen-bond donors (Lipinski definition) is 1. The Labute approximate surface area is 145 Å². The van der Waals surface area contributed by atoms with Crippen LogP contribution in [-0.2, 0) is 11.2 Å². The zero-order valence-electron chi connectivity index (χ0n) is 13.6. The van der Waals surface area contributed by atoms with Gasteiger partial charge in [0.2, 0.25) is 0 Å². The number of aryl methyl sites for hydroxylation is 1. The summed E-state index contributed by atoms with van der Waals surface area (Å²) in [5.74, 6) is -1.20. The summed E-state index contributed by atoms with van der Waals surface area (Å²) >= 11 is 1.44. The zero-order chi connectivity index (χ0) is 17.1. The summed E-state index contributed by atoms with van der Waals surface area (Å²) in [6.07, 6.45) is 2.88. The molecule has 5 nitrogen and oxygen atoms in total. The third-order valence-electron chi connectivity index (χ3n) is 4.30. The van der Waals surface area contributed by atoms with Crippen molar-refractivity contribution in [2.45, 2.75) is 38.6 Å². The number of aliphatic carboxylic acids is 1. The molecular formula is C18H20N2O3S. The van der Waals surface area contributed by atoms with Crippen molar-refractivity contribution in [3.63, 3.8) is 0 Å². The number of carboxylic acid groups (broad SMARTS) is 1. The van der Waals surface area contributed by atoms with E-state index in [0.29, 0.717) is 25.1 Å². The number of benzene rings is 1. The second-order valence-corrected chi connectivity index (χ2v) is 7.08. The van der Waals surface area contributed by atoms with Crippen LogP contribution in [0, 0.1) is 6.92 Å². The molecule has 0 saturated carbocycles. The summed E-state index contributed by atoms with van der Waals surface area (Å²) in [4.78, 5) is 29.9. The molecule has 3 rings (SSSR count). The highest BCUT2D eigenvalue weighted by Crippen LogP contribution is 2.22. The highest BCUT2D eigenvalue weighted by atomic mass is 32.1. The van der Waals surface area contributed by atoms with E-state index >= 15 is 0 Å². The lowest BCUT2D eigenvalue weighted by molar-refractivity contribution is -0.143. The second-order valence-electron chi connectivity index (χ2n) is 6.14. The molecule has 1 aliphatic rings. The smallest absolute Gasteiger partial charge is 0.326 e. The molecule has 0 spiro atoms. The number of piperidine rings is 1. The number of likely N-dealkylation sites (tertiary alicyclic amines) is 1. The SMILES string of the molecule is Cc1ccc(Cc2nc(C(=O)N3CCCCC3C(=O)O)cs2)cc1. The van der Waals surface area contributed by atoms with Crippen LogP contribution in [0.15, 0.2) is 29.6 Å². The second kappa shape index (κ2) is 7.13. The lowest BCUT2D eigenvalue weighted by Crippen LogP contribution is -2.48. The third-order valence-corrected chi connectivity index (χ3v) is 5.14. The molecule has 1 aliphatic heterocycles. The summed E-state index contributed by atoms with van der Waals surface area (Å²) in [6, 6.07) is 7.50. The van der Waals surface area contributed by atoms with Crippen LogP contribution in [0.25, 0.3) is 0 Å². The number of amides is 1. The van der Waals surface area contributed by atoms with Crippen molar-refractivity contribution in [2.75, 3.05) is 6.54 Å². The summed E-state index contributed by atoms with van der Waals surface area (Å²) in [7, 11) is 0. The number of thiazole rings is 1. The van der Waals surface area contributed by atoms with Gasteiger partial charge in [0.05, 0.1) is 5.01 Å². The van der Waals surface area contributed by atoms with Gasteiger partial charge in [0, 0.05) is 18.3 Å². The minimum Gasteiger partial charge on any atom is -0.480 e. The van der Waals surface area contributed by atoms with E-state index < -0.39 is 12.0 Å². The Morgan fingerprint density at radius 2 is 2.04 bits per heavy atom. The van der Waals surface area contributed by atoms with E-state index in [-0.39, 0.29) is 5.91 Å². The van der Waals surface area contributed by atoms with Crippen LogP contribution in [0.5, 0.6) is 0 Å². The zero-order valence-corrected chi connectivity index (χ0v) is 14.4. The normalized spacial score (nSPS) is 17.7. The average molecular weight is 344 g/mol. The molecule has 2 heterocycles. The monoisotopic (exact) mass is 344 g/mol. The lowest BCUT2D eigenvalue weighted by atomic mass is 10.0. The Kier molecular flexibility index (Phi) is 4.94. The first kappa shape index (κ1) is 16.6. The molecule has 1 aromatic carbocycles. The van der Waals surface area contributed by atoms with E-state index in [9.17, 15) is 14.7 Å². The molecule has 0 radical (unpaired) electrons. The van der Waals surface area contributed by atoms with Crippen LogP contribution in [0.3, 0.4) is 0 Å². The summed E-state index contributed by atoms with van der Waals surface area (Å²) in [6.45, 7) is 2.53. The third kappa shape index (κ3) is 3.64. The van der Waals surface area contributed by atoms with E-state index in [1.807, 2.05) is 6.92 Å². The number of rotatable bonds is 4. The van der Waals surface area contributed by atoms with Gasteiger partial charge < -0.3 is 10.0 Å². The molecule has 1 saturated heterocycles. The van der Waals surface area contributed by atoms with Crippen molar-refractivity contribution in [1.29, 1.82) is 0 Å². The Hall–Kier alpha value is -2.21. The van der Waals surface area contributed by atoms with E-state index in [0.717, 1.165) is 23.4 Å². The Morgan fingerprint density at radius 1 is 1.29 bits per heavy atom. The molecule has 0 bridgehead atoms. The van der Waals surface area contributed by atoms with Crippen LogP contribution in [0.2, 0.25) is 0 Å². The average Bonchev–Trinajstić information content (AvgIpc) is 3.05. The molecule has 2 aromatic rings. The van der Waals surface area contributed by atoms with Crippen LogP contribution >= 0.6 is 11.3 Å². The predicted octanol–water partition coefficient (Wildman–Crippen LogP) is 3.12. The van der Waals surface area contributed by atoms with Gasteiger partial charge >= 0.3 is 5.97 Å². The van der Waals surface area contributed by atoms with Crippen LogP contribution < -0.4 is 0 Å². The minimum absolute atomic E-state index is 0.270. The highest BCUT2D eigenvalue weighted by Gasteiger charge is 2.33. The molecule has 1 N–H and O–H groups in total. The van der Waals surface area contributed by atoms with Gasteiger partial charge in [-0.05, 0) is 31.7 Å². The lowest BCUT2D eigenvalue weighted by Gasteiger charge is -2.32. The van der Waals surface area contributed by atoms with Crippen LogP contribution in [-0.4, -0.2) is 39.5 Å². The summed E-state index contributed by atoms with van der Waals surface area (Å²) in [5, 5.41) is 11.9. The van der Waals surface area contributed by atoms with Crippen LogP contribution in [0.4, 0.5) is 0 Å². The van der Waals surface area contributed by atoms with Crippen molar-refractivity contribution >= 4 is 23.2 Å². The fourth-order valence-electron chi connectivity index (χ4n) is 2.95. The largest absolute Gasteiger partial charge is 0.480 e. The van der Waals surface area contributed by atoms with Gasteiger partial charge in [-0.15, -0.1) is 11.3 Å². The Bertz CT molecular complexity index is 739. The molecule has 0 aliphatic carbocycles. The van der Waals surface area contributed by atoms with Gasteiger partial charge in [0.1, 0.15) is 11.7 Å². The summed E-state index contributed by atoms with van der Waals surface area (Å²) < 4.78 is 0. The maximum absolute atomic E-state index is 12.6. The Morgan fingerprint density at radius 3 is 2.75 bits per heavy atom. The fourth-order valence-corrected chi connectivity index (χ4v) is 3.75. The molecule has 24 heavy (non-hydrogen) atoms. The minimum atomic E-state index is -0.932. The van der Waals surface area contributed by atoms with E-state index in [2.05, 4.69) is 29.2 Å². The Balaban J connectivity index is 1.73. The molecular weight excluding hydrogens is 324 g/mol. The van der Waals surface area contributed by atoms with Crippen molar-refractivity contribution < 1.29 is 14.7 Å². The molecule has 1 unspecified atom stereocenters. The van der Waals surface area contributed by atoms with Crippen LogP contribution in [0.1, 0.15) is 45.9 Å². The van der Waals surface area contributed by atoms with Crippen molar-refractivity contribution in [1.82, 2.24) is 9.88 Å². The van der Waals surface area contributed by atoms with Gasteiger partial charge in [-0.1, -0.05) is 29.8 Å². The van der Waals surface area contributed by atoms with Crippen molar-refractivity contribution in [2.24, 2.45) is 0 Å². The molecule has 126 valence electrons. The van der Waals surface area contributed by atoms with Gasteiger partial charge in [-0.25, -0.2) is 9.78 Å². The molecule has 1 fully saturated rings. The standard InChI is InChI=1S/C18H20N2O3S/c1-12-5-7-13(8-6-12)10-16-19-14(11-24-16)17(21)20-9-3-2-4-15(20)18(22)23/h5-8,11,15H,2-4,9-10H2,1H3,(H,22,23). The maximum Gasteiger partial charge on any atom is 0.326 e. The maximum atomic E-state index is 12.6. The number of aromatic nitrogens is 1. The number of carbonyl (C=O) groups is 2. The number of nitrogens with zero attached hydrogens (tertiary/aromatic N) is 2. The van der Waals surface area contributed by atoms with Crippen molar-refractivity contribution in [3.05, 3.63) is 51.5 Å². The van der Waals surface area contributed by atoms with Gasteiger partial charge in [-0.3, -0.25) is 4.79 Å². The number of hydrogen-bond acceptors (Lipinski definition) is 4. The highest BCUT2D eigenvalue weighted by molar-refractivity contribution is 7.09. The first-order valence-corrected chi connectivity index (χ1v) is 8.96. The van der Waals surface area contributed by atoms with Gasteiger partial charge in [0.25, 0.3) is 5.91 Å². The summed E-state index contributed by atoms with van der Waals surface area (Å²) in [5.41, 5.74) is 2.71. The molecule has 6 heteroatoms. The molecule has 1 aromatic heterocycles. The number of carboxylic acids is 1. The van der Waals surface area contributed by atoms with E-state index in [1.165, 1.54) is 21.8 Å². The van der Waals surface area contributed by atoms with Crippen molar-refractivity contribution in [3.8, 4) is 0 Å². The molecule has 1 atom stereocenters. The van der Waals surface area contributed by atoms with Gasteiger partial charge in [0.15, 0.2) is 0 Å². The van der Waals surface area contributed by atoms with E-state index in [1.54, 1.807) is 5.38 Å². The van der Waals surface area contributed by atoms with Gasteiger partial charge in [-0.2, -0.15) is 0 Å². The molecule has 1 amide bonds. The fraction of sp³-hybridized carbons (Fsp3) is 0.389.